The van der Waals surface area contributed by atoms with Crippen molar-refractivity contribution in [3.8, 4) is 0 Å². The van der Waals surface area contributed by atoms with Crippen LogP contribution in [0.2, 0.25) is 0 Å². The highest BCUT2D eigenvalue weighted by atomic mass is 16.5. The van der Waals surface area contributed by atoms with Crippen molar-refractivity contribution in [2.24, 2.45) is 0 Å². The van der Waals surface area contributed by atoms with Crippen LogP contribution in [0, 0.1) is 6.92 Å². The van der Waals surface area contributed by atoms with E-state index in [4.69, 9.17) is 9.72 Å². The molecule has 8 nitrogen and oxygen atoms in total. The minimum absolute atomic E-state index is 0.120. The molecule has 1 saturated heterocycles. The lowest BCUT2D eigenvalue weighted by atomic mass is 10.1. The Morgan fingerprint density at radius 1 is 1.18 bits per heavy atom. The van der Waals surface area contributed by atoms with E-state index in [1.165, 1.54) is 18.5 Å². The SMILES string of the molecule is Cc1cc(N2CCCC2)ccc1NC(=O)COC(=O)c1cc(C2CC2)nc2c1cnn2C(C)C. The first-order valence-corrected chi connectivity index (χ1v) is 12.1. The van der Waals surface area contributed by atoms with Gasteiger partial charge in [-0.05, 0) is 76.3 Å². The first-order chi connectivity index (χ1) is 16.4. The minimum atomic E-state index is -0.533. The molecule has 1 saturated carbocycles. The Morgan fingerprint density at radius 2 is 1.94 bits per heavy atom. The third-order valence-electron chi connectivity index (χ3n) is 6.58. The molecule has 3 heterocycles. The predicted molar refractivity (Wildman–Crippen MR) is 131 cm³/mol. The van der Waals surface area contributed by atoms with Gasteiger partial charge in [0, 0.05) is 42.1 Å². The zero-order chi connectivity index (χ0) is 23.8. The molecule has 2 aliphatic rings. The van der Waals surface area contributed by atoms with E-state index >= 15 is 0 Å². The molecule has 1 aliphatic carbocycles. The summed E-state index contributed by atoms with van der Waals surface area (Å²) in [5.74, 6) is -0.522. The summed E-state index contributed by atoms with van der Waals surface area (Å²) in [5, 5.41) is 7.94. The van der Waals surface area contributed by atoms with Crippen molar-refractivity contribution in [3.63, 3.8) is 0 Å². The fraction of sp³-hybridized carbons (Fsp3) is 0.462. The van der Waals surface area contributed by atoms with Gasteiger partial charge in [0.25, 0.3) is 5.91 Å². The summed E-state index contributed by atoms with van der Waals surface area (Å²) in [7, 11) is 0. The third-order valence-corrected chi connectivity index (χ3v) is 6.58. The van der Waals surface area contributed by atoms with E-state index in [-0.39, 0.29) is 18.6 Å². The minimum Gasteiger partial charge on any atom is -0.452 e. The van der Waals surface area contributed by atoms with Gasteiger partial charge >= 0.3 is 5.97 Å². The fourth-order valence-corrected chi connectivity index (χ4v) is 4.53. The maximum atomic E-state index is 13.0. The molecule has 1 N–H and O–H groups in total. The van der Waals surface area contributed by atoms with Crippen molar-refractivity contribution in [2.45, 2.75) is 58.4 Å². The lowest BCUT2D eigenvalue weighted by Gasteiger charge is -2.19. The Morgan fingerprint density at radius 3 is 2.62 bits per heavy atom. The second-order valence-electron chi connectivity index (χ2n) is 9.61. The van der Waals surface area contributed by atoms with Gasteiger partial charge in [0.15, 0.2) is 12.3 Å². The summed E-state index contributed by atoms with van der Waals surface area (Å²) in [6.07, 6.45) is 6.23. The Bertz CT molecular complexity index is 1240. The number of fused-ring (bicyclic) bond motifs is 1. The number of esters is 1. The Balaban J connectivity index is 1.27. The number of hydrogen-bond acceptors (Lipinski definition) is 6. The molecule has 34 heavy (non-hydrogen) atoms. The van der Waals surface area contributed by atoms with E-state index in [1.54, 1.807) is 12.3 Å². The van der Waals surface area contributed by atoms with E-state index in [0.29, 0.717) is 22.5 Å². The molecule has 0 radical (unpaired) electrons. The number of carbonyl (C=O) groups is 2. The maximum absolute atomic E-state index is 13.0. The van der Waals surface area contributed by atoms with Gasteiger partial charge < -0.3 is 15.0 Å². The molecule has 1 aromatic carbocycles. The third kappa shape index (κ3) is 4.49. The molecular formula is C26H31N5O3. The van der Waals surface area contributed by atoms with Crippen molar-refractivity contribution in [1.82, 2.24) is 14.8 Å². The fourth-order valence-electron chi connectivity index (χ4n) is 4.53. The number of nitrogens with zero attached hydrogens (tertiary/aromatic N) is 4. The topological polar surface area (TPSA) is 89.3 Å². The monoisotopic (exact) mass is 461 g/mol. The molecule has 1 amide bonds. The molecule has 3 aromatic rings. The number of benzene rings is 1. The molecule has 0 atom stereocenters. The van der Waals surface area contributed by atoms with Gasteiger partial charge in [0.2, 0.25) is 0 Å². The Hall–Kier alpha value is -3.42. The van der Waals surface area contributed by atoms with E-state index in [0.717, 1.165) is 42.9 Å². The van der Waals surface area contributed by atoms with Crippen LogP contribution in [0.5, 0.6) is 0 Å². The lowest BCUT2D eigenvalue weighted by Crippen LogP contribution is -2.22. The quantitative estimate of drug-likeness (QED) is 0.518. The van der Waals surface area contributed by atoms with E-state index in [1.807, 2.05) is 37.6 Å². The van der Waals surface area contributed by atoms with Gasteiger partial charge in [-0.15, -0.1) is 0 Å². The summed E-state index contributed by atoms with van der Waals surface area (Å²) >= 11 is 0. The van der Waals surface area contributed by atoms with Gasteiger partial charge in [-0.2, -0.15) is 5.10 Å². The molecule has 2 fully saturated rings. The summed E-state index contributed by atoms with van der Waals surface area (Å²) in [5.41, 5.74) is 4.87. The Kier molecular flexibility index (Phi) is 5.98. The summed E-state index contributed by atoms with van der Waals surface area (Å²) in [6, 6.07) is 7.95. The summed E-state index contributed by atoms with van der Waals surface area (Å²) < 4.78 is 7.23. The van der Waals surface area contributed by atoms with Gasteiger partial charge in [-0.1, -0.05) is 0 Å². The standard InChI is InChI=1S/C26H31N5O3/c1-16(2)31-25-21(14-27-31)20(13-23(29-25)18-6-7-18)26(33)34-15-24(32)28-22-9-8-19(12-17(22)3)30-10-4-5-11-30/h8-9,12-14,16,18H,4-7,10-11,15H2,1-3H3,(H,28,32). The first kappa shape index (κ1) is 22.4. The molecule has 2 aromatic heterocycles. The summed E-state index contributed by atoms with van der Waals surface area (Å²) in [6.45, 7) is 7.82. The van der Waals surface area contributed by atoms with Crippen LogP contribution in [-0.4, -0.2) is 46.3 Å². The van der Waals surface area contributed by atoms with Crippen molar-refractivity contribution >= 4 is 34.3 Å². The second-order valence-corrected chi connectivity index (χ2v) is 9.61. The van der Waals surface area contributed by atoms with Crippen molar-refractivity contribution in [3.05, 3.63) is 47.3 Å². The highest BCUT2D eigenvalue weighted by Gasteiger charge is 2.28. The number of anilines is 2. The molecule has 5 rings (SSSR count). The normalized spacial score (nSPS) is 15.8. The number of ether oxygens (including phenoxy) is 1. The number of pyridine rings is 1. The van der Waals surface area contributed by atoms with Crippen LogP contribution >= 0.6 is 0 Å². The average Bonchev–Trinajstić information content (AvgIpc) is 3.34. The van der Waals surface area contributed by atoms with Gasteiger partial charge in [-0.3, -0.25) is 4.79 Å². The Labute approximate surface area is 199 Å². The molecular weight excluding hydrogens is 430 g/mol. The number of nitrogens with one attached hydrogen (secondary N) is 1. The zero-order valence-electron chi connectivity index (χ0n) is 20.0. The van der Waals surface area contributed by atoms with Crippen LogP contribution in [0.15, 0.2) is 30.5 Å². The van der Waals surface area contributed by atoms with E-state index in [9.17, 15) is 9.59 Å². The molecule has 178 valence electrons. The van der Waals surface area contributed by atoms with Gasteiger partial charge in [0.1, 0.15) is 0 Å². The van der Waals surface area contributed by atoms with Crippen LogP contribution in [-0.2, 0) is 9.53 Å². The van der Waals surface area contributed by atoms with Crippen LogP contribution in [0.25, 0.3) is 11.0 Å². The largest absolute Gasteiger partial charge is 0.452 e. The number of rotatable bonds is 7. The van der Waals surface area contributed by atoms with Crippen LogP contribution < -0.4 is 10.2 Å². The maximum Gasteiger partial charge on any atom is 0.339 e. The highest BCUT2D eigenvalue weighted by Crippen LogP contribution is 2.40. The van der Waals surface area contributed by atoms with Crippen LogP contribution in [0.3, 0.4) is 0 Å². The van der Waals surface area contributed by atoms with E-state index < -0.39 is 5.97 Å². The zero-order valence-corrected chi connectivity index (χ0v) is 20.0. The van der Waals surface area contributed by atoms with Crippen LogP contribution in [0.4, 0.5) is 11.4 Å². The molecule has 0 unspecified atom stereocenters. The summed E-state index contributed by atoms with van der Waals surface area (Å²) in [4.78, 5) is 32.7. The first-order valence-electron chi connectivity index (χ1n) is 12.1. The number of aromatic nitrogens is 3. The molecule has 8 heteroatoms. The van der Waals surface area contributed by atoms with Crippen molar-refractivity contribution < 1.29 is 14.3 Å². The van der Waals surface area contributed by atoms with Crippen molar-refractivity contribution in [1.29, 1.82) is 0 Å². The number of amides is 1. The smallest absolute Gasteiger partial charge is 0.339 e. The number of carbonyl (C=O) groups excluding carboxylic acids is 2. The molecule has 0 bridgehead atoms. The van der Waals surface area contributed by atoms with E-state index in [2.05, 4.69) is 21.4 Å². The second kappa shape index (κ2) is 9.08. The van der Waals surface area contributed by atoms with Crippen molar-refractivity contribution in [2.75, 3.05) is 29.9 Å². The van der Waals surface area contributed by atoms with Crippen LogP contribution in [0.1, 0.15) is 73.1 Å². The highest BCUT2D eigenvalue weighted by molar-refractivity contribution is 6.04. The van der Waals surface area contributed by atoms with Gasteiger partial charge in [0.05, 0.1) is 17.1 Å². The van der Waals surface area contributed by atoms with Gasteiger partial charge in [-0.25, -0.2) is 14.5 Å². The lowest BCUT2D eigenvalue weighted by molar-refractivity contribution is -0.119. The molecule has 0 spiro atoms. The molecule has 1 aliphatic heterocycles. The number of hydrogen-bond donors (Lipinski definition) is 1. The number of aryl methyl sites for hydroxylation is 1. The average molecular weight is 462 g/mol. The predicted octanol–water partition coefficient (Wildman–Crippen LogP) is 4.59.